The van der Waals surface area contributed by atoms with E-state index < -0.39 is 11.9 Å². The van der Waals surface area contributed by atoms with Crippen molar-refractivity contribution >= 4 is 41.2 Å². The second kappa shape index (κ2) is 12.4. The van der Waals surface area contributed by atoms with E-state index in [9.17, 15) is 14.4 Å². The number of benzene rings is 3. The van der Waals surface area contributed by atoms with Crippen molar-refractivity contribution in [1.29, 1.82) is 0 Å². The number of piperidine rings is 1. The quantitative estimate of drug-likeness (QED) is 0.224. The lowest BCUT2D eigenvalue weighted by atomic mass is 9.98. The van der Waals surface area contributed by atoms with Crippen molar-refractivity contribution in [1.82, 2.24) is 4.90 Å². The average molecular weight is 525 g/mol. The van der Waals surface area contributed by atoms with E-state index >= 15 is 0 Å². The molecule has 0 unspecified atom stereocenters. The Balaban J connectivity index is 1.42. The Morgan fingerprint density at radius 2 is 1.69 bits per heavy atom. The first-order valence-corrected chi connectivity index (χ1v) is 12.3. The molecule has 1 aliphatic heterocycles. The summed E-state index contributed by atoms with van der Waals surface area (Å²) < 4.78 is 5.27. The van der Waals surface area contributed by atoms with Crippen LogP contribution in [-0.2, 0) is 4.79 Å². The fourth-order valence-electron chi connectivity index (χ4n) is 4.10. The first kappa shape index (κ1) is 26.9. The molecule has 0 saturated carbocycles. The Morgan fingerprint density at radius 3 is 2.31 bits per heavy atom. The van der Waals surface area contributed by atoms with Gasteiger partial charge in [0, 0.05) is 29.9 Å². The monoisotopic (exact) mass is 524 g/mol. The number of rotatable bonds is 8. The minimum Gasteiger partial charge on any atom is -0.497 e. The van der Waals surface area contributed by atoms with Crippen LogP contribution in [0.4, 0.5) is 17.1 Å². The molecule has 0 aliphatic carbocycles. The molecule has 39 heavy (non-hydrogen) atoms. The maximum absolute atomic E-state index is 13.1. The zero-order chi connectivity index (χ0) is 27.8. The largest absolute Gasteiger partial charge is 0.497 e. The average Bonchev–Trinajstić information content (AvgIpc) is 2.97. The standard InChI is InChI=1S/C30H28N4O5/c1-3-20-4-8-24(9-5-20)32-29(36)26-18-25(39-2)12-13-27(26)33-28(35)21-6-10-23(11-7-21)31-19-34-16-14-22(15-17-34)30(37)38/h1,4-13,18-19,22H,14-17H2,2H3,(H,32,36)(H,33,35)(H,37,38). The predicted octanol–water partition coefficient (Wildman–Crippen LogP) is 4.64. The molecule has 3 N–H and O–H groups in total. The zero-order valence-electron chi connectivity index (χ0n) is 21.4. The minimum absolute atomic E-state index is 0.233. The van der Waals surface area contributed by atoms with Gasteiger partial charge in [0.15, 0.2) is 0 Å². The lowest BCUT2D eigenvalue weighted by Gasteiger charge is -2.28. The number of carbonyl (C=O) groups is 3. The Bertz CT molecular complexity index is 1420. The van der Waals surface area contributed by atoms with E-state index in [-0.39, 0.29) is 17.4 Å². The van der Waals surface area contributed by atoms with Crippen LogP contribution in [0.2, 0.25) is 0 Å². The van der Waals surface area contributed by atoms with Gasteiger partial charge in [0.2, 0.25) is 0 Å². The normalized spacial score (nSPS) is 13.5. The molecule has 0 aromatic heterocycles. The third kappa shape index (κ3) is 7.02. The van der Waals surface area contributed by atoms with Gasteiger partial charge in [-0.2, -0.15) is 0 Å². The molecular weight excluding hydrogens is 496 g/mol. The van der Waals surface area contributed by atoms with Crippen LogP contribution in [-0.4, -0.2) is 54.3 Å². The number of hydrogen-bond donors (Lipinski definition) is 3. The first-order chi connectivity index (χ1) is 18.9. The topological polar surface area (TPSA) is 120 Å². The van der Waals surface area contributed by atoms with Gasteiger partial charge < -0.3 is 25.4 Å². The zero-order valence-corrected chi connectivity index (χ0v) is 21.4. The molecule has 0 bridgehead atoms. The Hall–Kier alpha value is -5.10. The highest BCUT2D eigenvalue weighted by atomic mass is 16.5. The summed E-state index contributed by atoms with van der Waals surface area (Å²) in [5.41, 5.74) is 2.86. The van der Waals surface area contributed by atoms with Crippen molar-refractivity contribution in [2.24, 2.45) is 10.9 Å². The fourth-order valence-corrected chi connectivity index (χ4v) is 4.10. The molecule has 198 valence electrons. The fraction of sp³-hybridized carbons (Fsp3) is 0.200. The molecular formula is C30H28N4O5. The maximum Gasteiger partial charge on any atom is 0.306 e. The van der Waals surface area contributed by atoms with Crippen molar-refractivity contribution in [2.75, 3.05) is 30.8 Å². The molecule has 0 atom stereocenters. The number of amides is 2. The summed E-state index contributed by atoms with van der Waals surface area (Å²) >= 11 is 0. The van der Waals surface area contributed by atoms with Crippen molar-refractivity contribution in [3.05, 3.63) is 83.4 Å². The van der Waals surface area contributed by atoms with Crippen LogP contribution in [0.1, 0.15) is 39.1 Å². The number of ether oxygens (including phenoxy) is 1. The van der Waals surface area contributed by atoms with Gasteiger partial charge in [-0.1, -0.05) is 5.92 Å². The van der Waals surface area contributed by atoms with Crippen molar-refractivity contribution in [3.63, 3.8) is 0 Å². The van der Waals surface area contributed by atoms with E-state index in [1.54, 1.807) is 73.1 Å². The number of nitrogens with zero attached hydrogens (tertiary/aromatic N) is 2. The number of anilines is 2. The second-order valence-corrected chi connectivity index (χ2v) is 8.98. The molecule has 1 saturated heterocycles. The van der Waals surface area contributed by atoms with Crippen LogP contribution in [0.25, 0.3) is 0 Å². The molecule has 9 heteroatoms. The van der Waals surface area contributed by atoms with Crippen molar-refractivity contribution in [2.45, 2.75) is 12.8 Å². The van der Waals surface area contributed by atoms with Crippen LogP contribution in [0.15, 0.2) is 71.7 Å². The van der Waals surface area contributed by atoms with Gasteiger partial charge in [-0.3, -0.25) is 14.4 Å². The molecule has 0 spiro atoms. The molecule has 1 fully saturated rings. The van der Waals surface area contributed by atoms with E-state index in [1.807, 2.05) is 4.90 Å². The number of nitrogens with one attached hydrogen (secondary N) is 2. The Kier molecular flexibility index (Phi) is 8.59. The SMILES string of the molecule is C#Cc1ccc(NC(=O)c2cc(OC)ccc2NC(=O)c2ccc(N=CN3CCC(C(=O)O)CC3)cc2)cc1. The number of carboxylic acid groups (broad SMARTS) is 1. The second-order valence-electron chi connectivity index (χ2n) is 8.98. The summed E-state index contributed by atoms with van der Waals surface area (Å²) in [7, 11) is 1.50. The van der Waals surface area contributed by atoms with Gasteiger partial charge in [-0.25, -0.2) is 4.99 Å². The van der Waals surface area contributed by atoms with Crippen LogP contribution in [0.5, 0.6) is 5.75 Å². The minimum atomic E-state index is -0.752. The molecule has 3 aromatic carbocycles. The van der Waals surface area contributed by atoms with Crippen LogP contribution in [0, 0.1) is 18.3 Å². The molecule has 3 aromatic rings. The molecule has 4 rings (SSSR count). The van der Waals surface area contributed by atoms with Crippen LogP contribution >= 0.6 is 0 Å². The lowest BCUT2D eigenvalue weighted by Crippen LogP contribution is -2.35. The molecule has 1 aliphatic rings. The highest BCUT2D eigenvalue weighted by molar-refractivity contribution is 6.12. The summed E-state index contributed by atoms with van der Waals surface area (Å²) in [6, 6.07) is 18.4. The summed E-state index contributed by atoms with van der Waals surface area (Å²) in [4.78, 5) is 43.6. The maximum atomic E-state index is 13.1. The third-order valence-corrected chi connectivity index (χ3v) is 6.41. The number of aliphatic imine (C=N–C) groups is 1. The van der Waals surface area contributed by atoms with Crippen LogP contribution in [0.3, 0.4) is 0 Å². The van der Waals surface area contributed by atoms with Crippen LogP contribution < -0.4 is 15.4 Å². The predicted molar refractivity (Wildman–Crippen MR) is 150 cm³/mol. The summed E-state index contributed by atoms with van der Waals surface area (Å²) in [5, 5.41) is 14.7. The van der Waals surface area contributed by atoms with Gasteiger partial charge in [0.05, 0.1) is 36.3 Å². The third-order valence-electron chi connectivity index (χ3n) is 6.41. The highest BCUT2D eigenvalue weighted by Gasteiger charge is 2.23. The van der Waals surface area contributed by atoms with Gasteiger partial charge >= 0.3 is 5.97 Å². The molecule has 9 nitrogen and oxygen atoms in total. The number of hydrogen-bond acceptors (Lipinski definition) is 5. The van der Waals surface area contributed by atoms with Gasteiger partial charge in [-0.05, 0) is 79.6 Å². The Morgan fingerprint density at radius 1 is 1.00 bits per heavy atom. The van der Waals surface area contributed by atoms with Gasteiger partial charge in [0.25, 0.3) is 11.8 Å². The van der Waals surface area contributed by atoms with E-state index in [1.165, 1.54) is 7.11 Å². The Labute approximate surface area is 226 Å². The van der Waals surface area contributed by atoms with Gasteiger partial charge in [-0.15, -0.1) is 6.42 Å². The number of aliphatic carboxylic acids is 1. The molecule has 0 radical (unpaired) electrons. The summed E-state index contributed by atoms with van der Waals surface area (Å²) in [6.07, 6.45) is 8.27. The first-order valence-electron chi connectivity index (χ1n) is 12.3. The lowest BCUT2D eigenvalue weighted by molar-refractivity contribution is -0.143. The number of carbonyl (C=O) groups excluding carboxylic acids is 2. The highest BCUT2D eigenvalue weighted by Crippen LogP contribution is 2.25. The summed E-state index contributed by atoms with van der Waals surface area (Å²) in [5.74, 6) is 1.13. The van der Waals surface area contributed by atoms with E-state index in [4.69, 9.17) is 16.3 Å². The van der Waals surface area contributed by atoms with Gasteiger partial charge in [0.1, 0.15) is 5.75 Å². The number of carboxylic acids is 1. The molecule has 2 amide bonds. The number of terminal acetylenes is 1. The van der Waals surface area contributed by atoms with E-state index in [0.29, 0.717) is 59.9 Å². The van der Waals surface area contributed by atoms with Crippen molar-refractivity contribution in [3.8, 4) is 18.1 Å². The number of likely N-dealkylation sites (tertiary alicyclic amines) is 1. The van der Waals surface area contributed by atoms with E-state index in [0.717, 1.165) is 0 Å². The van der Waals surface area contributed by atoms with E-state index in [2.05, 4.69) is 21.5 Å². The smallest absolute Gasteiger partial charge is 0.306 e. The number of methoxy groups -OCH3 is 1. The summed E-state index contributed by atoms with van der Waals surface area (Å²) in [6.45, 7) is 1.27. The molecule has 1 heterocycles. The van der Waals surface area contributed by atoms with Crippen molar-refractivity contribution < 1.29 is 24.2 Å².